The van der Waals surface area contributed by atoms with Crippen molar-refractivity contribution in [1.82, 2.24) is 19.6 Å². The number of carbonyl (C=O) groups excluding carboxylic acids is 1. The van der Waals surface area contributed by atoms with E-state index in [0.717, 1.165) is 32.4 Å². The fourth-order valence-corrected chi connectivity index (χ4v) is 3.41. The van der Waals surface area contributed by atoms with Crippen molar-refractivity contribution in [3.63, 3.8) is 0 Å². The van der Waals surface area contributed by atoms with Crippen LogP contribution in [-0.4, -0.2) is 58.7 Å². The van der Waals surface area contributed by atoms with E-state index in [-0.39, 0.29) is 17.0 Å². The van der Waals surface area contributed by atoms with Crippen LogP contribution in [0.1, 0.15) is 36.3 Å². The number of nitrogens with zero attached hydrogens (tertiary/aromatic N) is 4. The van der Waals surface area contributed by atoms with Crippen LogP contribution in [-0.2, 0) is 0 Å². The summed E-state index contributed by atoms with van der Waals surface area (Å²) in [7, 11) is 2.10. The molecule has 0 unspecified atom stereocenters. The number of likely N-dealkylation sites (tertiary alicyclic amines) is 2. The zero-order valence-electron chi connectivity index (χ0n) is 12.1. The highest BCUT2D eigenvalue weighted by Gasteiger charge is 2.42. The van der Waals surface area contributed by atoms with E-state index in [9.17, 15) is 13.6 Å². The third-order valence-electron chi connectivity index (χ3n) is 4.85. The molecule has 3 heterocycles. The Morgan fingerprint density at radius 3 is 2.62 bits per heavy atom. The number of carbonyl (C=O) groups is 1. The van der Waals surface area contributed by atoms with Crippen LogP contribution >= 0.6 is 0 Å². The summed E-state index contributed by atoms with van der Waals surface area (Å²) < 4.78 is 26.1. The number of piperidine rings is 1. The fraction of sp³-hybridized carbons (Fsp3) is 0.714. The molecule has 1 aromatic heterocycles. The van der Waals surface area contributed by atoms with Gasteiger partial charge in [-0.05, 0) is 50.9 Å². The molecule has 0 radical (unpaired) electrons. The SMILES string of the molecule is CN1CCC2(CC1)CCN(C(=O)c1ccnn1C(F)F)C2. The van der Waals surface area contributed by atoms with Gasteiger partial charge in [-0.2, -0.15) is 18.6 Å². The van der Waals surface area contributed by atoms with Crippen molar-refractivity contribution < 1.29 is 13.6 Å². The van der Waals surface area contributed by atoms with Gasteiger partial charge >= 0.3 is 6.55 Å². The Balaban J connectivity index is 1.71. The summed E-state index contributed by atoms with van der Waals surface area (Å²) in [5, 5.41) is 3.53. The van der Waals surface area contributed by atoms with Gasteiger partial charge in [-0.15, -0.1) is 0 Å². The van der Waals surface area contributed by atoms with E-state index >= 15 is 0 Å². The second-order valence-corrected chi connectivity index (χ2v) is 6.22. The standard InChI is InChI=1S/C14H20F2N4O/c1-18-7-3-14(4-8-18)5-9-19(10-14)12(21)11-2-6-17-20(11)13(15)16/h2,6,13H,3-5,7-10H2,1H3. The van der Waals surface area contributed by atoms with Crippen LogP contribution in [0, 0.1) is 5.41 Å². The van der Waals surface area contributed by atoms with Crippen LogP contribution in [0.3, 0.4) is 0 Å². The number of halogens is 2. The Kier molecular flexibility index (Phi) is 3.69. The predicted octanol–water partition coefficient (Wildman–Crippen LogP) is 1.84. The molecule has 2 fully saturated rings. The molecule has 0 N–H and O–H groups in total. The van der Waals surface area contributed by atoms with Crippen molar-refractivity contribution in [3.8, 4) is 0 Å². The molecule has 2 aliphatic rings. The molecule has 1 aromatic rings. The lowest BCUT2D eigenvalue weighted by atomic mass is 9.78. The molecule has 21 heavy (non-hydrogen) atoms. The first kappa shape index (κ1) is 14.4. The van der Waals surface area contributed by atoms with E-state index in [1.807, 2.05) is 0 Å². The van der Waals surface area contributed by atoms with Crippen LogP contribution in [0.2, 0.25) is 0 Å². The molecule has 3 rings (SSSR count). The summed E-state index contributed by atoms with van der Waals surface area (Å²) >= 11 is 0. The monoisotopic (exact) mass is 298 g/mol. The number of amides is 1. The van der Waals surface area contributed by atoms with E-state index in [0.29, 0.717) is 17.8 Å². The molecule has 0 bridgehead atoms. The zero-order chi connectivity index (χ0) is 15.0. The molecule has 0 saturated carbocycles. The molecule has 1 amide bonds. The van der Waals surface area contributed by atoms with Gasteiger partial charge in [0.1, 0.15) is 5.69 Å². The highest BCUT2D eigenvalue weighted by molar-refractivity contribution is 5.92. The Bertz CT molecular complexity index is 523. The first-order valence-corrected chi connectivity index (χ1v) is 7.30. The van der Waals surface area contributed by atoms with Gasteiger partial charge in [-0.1, -0.05) is 0 Å². The molecule has 5 nitrogen and oxygen atoms in total. The molecule has 2 aliphatic heterocycles. The molecule has 0 aliphatic carbocycles. The number of hydrogen-bond acceptors (Lipinski definition) is 3. The zero-order valence-corrected chi connectivity index (χ0v) is 12.1. The minimum absolute atomic E-state index is 0.0185. The van der Waals surface area contributed by atoms with E-state index in [1.54, 1.807) is 4.90 Å². The van der Waals surface area contributed by atoms with Gasteiger partial charge in [0.05, 0.1) is 0 Å². The molecule has 0 aromatic carbocycles. The molecule has 7 heteroatoms. The lowest BCUT2D eigenvalue weighted by molar-refractivity contribution is 0.0463. The van der Waals surface area contributed by atoms with Crippen molar-refractivity contribution in [1.29, 1.82) is 0 Å². The van der Waals surface area contributed by atoms with Gasteiger partial charge in [-0.25, -0.2) is 0 Å². The number of alkyl halides is 2. The van der Waals surface area contributed by atoms with Crippen molar-refractivity contribution in [3.05, 3.63) is 18.0 Å². The minimum Gasteiger partial charge on any atom is -0.337 e. The molecule has 0 atom stereocenters. The maximum Gasteiger partial charge on any atom is 0.333 e. The number of rotatable bonds is 2. The Labute approximate surface area is 122 Å². The summed E-state index contributed by atoms with van der Waals surface area (Å²) in [5.41, 5.74) is 0.160. The smallest absolute Gasteiger partial charge is 0.333 e. The van der Waals surface area contributed by atoms with Gasteiger partial charge in [0.25, 0.3) is 5.91 Å². The summed E-state index contributed by atoms with van der Waals surface area (Å²) in [6.07, 6.45) is 4.36. The molecular formula is C14H20F2N4O. The number of hydrogen-bond donors (Lipinski definition) is 0. The first-order chi connectivity index (χ1) is 10.0. The predicted molar refractivity (Wildman–Crippen MR) is 73.2 cm³/mol. The quantitative estimate of drug-likeness (QED) is 0.836. The van der Waals surface area contributed by atoms with Crippen molar-refractivity contribution in [2.75, 3.05) is 33.2 Å². The van der Waals surface area contributed by atoms with Gasteiger partial charge < -0.3 is 9.80 Å². The van der Waals surface area contributed by atoms with E-state index in [4.69, 9.17) is 0 Å². The van der Waals surface area contributed by atoms with Crippen LogP contribution < -0.4 is 0 Å². The first-order valence-electron chi connectivity index (χ1n) is 7.30. The average Bonchev–Trinajstić information content (AvgIpc) is 3.09. The molecule has 116 valence electrons. The molecule has 1 spiro atoms. The summed E-state index contributed by atoms with van der Waals surface area (Å²) in [5.74, 6) is -0.330. The second kappa shape index (κ2) is 5.36. The maximum atomic E-state index is 12.8. The molecule has 2 saturated heterocycles. The third kappa shape index (κ3) is 2.66. The lowest BCUT2D eigenvalue weighted by Crippen LogP contribution is -2.40. The van der Waals surface area contributed by atoms with Gasteiger partial charge in [-0.3, -0.25) is 4.79 Å². The fourth-order valence-electron chi connectivity index (χ4n) is 3.41. The van der Waals surface area contributed by atoms with Crippen molar-refractivity contribution in [2.45, 2.75) is 25.8 Å². The lowest BCUT2D eigenvalue weighted by Gasteiger charge is -2.37. The van der Waals surface area contributed by atoms with Crippen molar-refractivity contribution >= 4 is 5.91 Å². The maximum absolute atomic E-state index is 12.8. The minimum atomic E-state index is -2.78. The van der Waals surface area contributed by atoms with Crippen LogP contribution in [0.5, 0.6) is 0 Å². The Hall–Kier alpha value is -1.50. The van der Waals surface area contributed by atoms with Crippen LogP contribution in [0.25, 0.3) is 0 Å². The normalized spacial score (nSPS) is 22.4. The third-order valence-corrected chi connectivity index (χ3v) is 4.85. The van der Waals surface area contributed by atoms with Crippen LogP contribution in [0.4, 0.5) is 8.78 Å². The van der Waals surface area contributed by atoms with Crippen LogP contribution in [0.15, 0.2) is 12.3 Å². The number of aromatic nitrogens is 2. The van der Waals surface area contributed by atoms with Gasteiger partial charge in [0.15, 0.2) is 0 Å². The summed E-state index contributed by atoms with van der Waals surface area (Å²) in [6.45, 7) is 0.623. The summed E-state index contributed by atoms with van der Waals surface area (Å²) in [4.78, 5) is 16.4. The van der Waals surface area contributed by atoms with E-state index in [1.165, 1.54) is 12.3 Å². The van der Waals surface area contributed by atoms with E-state index in [2.05, 4.69) is 17.0 Å². The highest BCUT2D eigenvalue weighted by Crippen LogP contribution is 2.40. The Morgan fingerprint density at radius 1 is 1.29 bits per heavy atom. The Morgan fingerprint density at radius 2 is 1.95 bits per heavy atom. The largest absolute Gasteiger partial charge is 0.337 e. The van der Waals surface area contributed by atoms with Crippen molar-refractivity contribution in [2.24, 2.45) is 5.41 Å². The topological polar surface area (TPSA) is 41.4 Å². The van der Waals surface area contributed by atoms with Gasteiger partial charge in [0, 0.05) is 19.3 Å². The summed E-state index contributed by atoms with van der Waals surface area (Å²) in [6, 6.07) is 1.37. The highest BCUT2D eigenvalue weighted by atomic mass is 19.3. The van der Waals surface area contributed by atoms with E-state index < -0.39 is 6.55 Å². The van der Waals surface area contributed by atoms with Gasteiger partial charge in [0.2, 0.25) is 0 Å². The average molecular weight is 298 g/mol. The molecular weight excluding hydrogens is 278 g/mol. The second-order valence-electron chi connectivity index (χ2n) is 6.22.